The molecule has 1 amide bonds. The minimum Gasteiger partial charge on any atom is -0.396 e. The molecule has 186 valence electrons. The minimum absolute atomic E-state index is 0.0144. The first-order chi connectivity index (χ1) is 17.2. The number of halogens is 2. The number of rotatable bonds is 8. The Balaban J connectivity index is 1.73. The Hall–Kier alpha value is -2.70. The highest BCUT2D eigenvalue weighted by Gasteiger charge is 2.56. The van der Waals surface area contributed by atoms with Crippen molar-refractivity contribution in [1.29, 1.82) is 0 Å². The first-order valence-corrected chi connectivity index (χ1v) is 12.7. The molecule has 5 rings (SSSR count). The van der Waals surface area contributed by atoms with Crippen LogP contribution in [0.5, 0.6) is 0 Å². The van der Waals surface area contributed by atoms with Crippen LogP contribution in [0.2, 0.25) is 10.0 Å². The van der Waals surface area contributed by atoms with Crippen molar-refractivity contribution in [3.63, 3.8) is 0 Å². The number of ketones is 1. The predicted molar refractivity (Wildman–Crippen MR) is 139 cm³/mol. The monoisotopic (exact) mass is 523 g/mol. The second-order valence-corrected chi connectivity index (χ2v) is 10.7. The fraction of sp³-hybridized carbons (Fsp3) is 0.310. The maximum atomic E-state index is 14.2. The summed E-state index contributed by atoms with van der Waals surface area (Å²) in [6.45, 7) is 3.72. The number of hydrogen-bond donors (Lipinski definition) is 1. The van der Waals surface area contributed by atoms with E-state index in [9.17, 15) is 14.7 Å². The van der Waals surface area contributed by atoms with Crippen LogP contribution >= 0.6 is 23.2 Å². The molecule has 0 radical (unpaired) electrons. The molecule has 7 heteroatoms. The van der Waals surface area contributed by atoms with E-state index in [1.54, 1.807) is 41.3 Å². The molecule has 36 heavy (non-hydrogen) atoms. The van der Waals surface area contributed by atoms with Gasteiger partial charge in [-0.1, -0.05) is 59.6 Å². The van der Waals surface area contributed by atoms with Gasteiger partial charge in [0.1, 0.15) is 0 Å². The number of ether oxygens (including phenoxy) is 1. The summed E-state index contributed by atoms with van der Waals surface area (Å²) in [6.07, 6.45) is 1.72. The molecule has 0 spiro atoms. The molecular formula is C29H27Cl2NO4. The lowest BCUT2D eigenvalue weighted by Gasteiger charge is -2.43. The van der Waals surface area contributed by atoms with Crippen molar-refractivity contribution in [3.8, 4) is 0 Å². The van der Waals surface area contributed by atoms with Crippen LogP contribution in [-0.2, 0) is 10.5 Å². The van der Waals surface area contributed by atoms with Crippen LogP contribution in [0.4, 0.5) is 0 Å². The van der Waals surface area contributed by atoms with Gasteiger partial charge in [-0.15, -0.1) is 0 Å². The van der Waals surface area contributed by atoms with Crippen LogP contribution in [0, 0.1) is 5.41 Å². The molecule has 3 aromatic carbocycles. The second kappa shape index (κ2) is 9.31. The Morgan fingerprint density at radius 1 is 1.03 bits per heavy atom. The molecule has 5 nitrogen and oxygen atoms in total. The summed E-state index contributed by atoms with van der Waals surface area (Å²) in [5.41, 5.74) is 1.57. The van der Waals surface area contributed by atoms with E-state index in [0.29, 0.717) is 26.7 Å². The van der Waals surface area contributed by atoms with E-state index in [0.717, 1.165) is 24.0 Å². The third kappa shape index (κ3) is 4.14. The Morgan fingerprint density at radius 2 is 1.64 bits per heavy atom. The zero-order chi connectivity index (χ0) is 25.7. The molecule has 1 fully saturated rings. The number of carbonyl (C=O) groups is 2. The van der Waals surface area contributed by atoms with Gasteiger partial charge in [0.05, 0.1) is 19.3 Å². The fourth-order valence-corrected chi connectivity index (χ4v) is 5.21. The Morgan fingerprint density at radius 3 is 2.19 bits per heavy atom. The molecule has 1 saturated carbocycles. The molecule has 1 aliphatic heterocycles. The number of carbonyl (C=O) groups excluding carboxylic acids is 2. The van der Waals surface area contributed by atoms with E-state index in [-0.39, 0.29) is 30.3 Å². The van der Waals surface area contributed by atoms with Crippen LogP contribution in [0.25, 0.3) is 0 Å². The van der Waals surface area contributed by atoms with Crippen molar-refractivity contribution in [2.24, 2.45) is 5.41 Å². The Labute approximate surface area is 220 Å². The average Bonchev–Trinajstić information content (AvgIpc) is 3.62. The van der Waals surface area contributed by atoms with E-state index in [4.69, 9.17) is 27.9 Å². The number of amides is 1. The Kier molecular flexibility index (Phi) is 6.46. The molecule has 2 atom stereocenters. The van der Waals surface area contributed by atoms with E-state index in [2.05, 4.69) is 0 Å². The van der Waals surface area contributed by atoms with Crippen LogP contribution in [-0.4, -0.2) is 34.9 Å². The highest BCUT2D eigenvalue weighted by molar-refractivity contribution is 6.30. The molecule has 1 unspecified atom stereocenters. The fourth-order valence-electron chi connectivity index (χ4n) is 4.96. The molecule has 3 aromatic rings. The first kappa shape index (κ1) is 25.0. The van der Waals surface area contributed by atoms with Crippen LogP contribution in [0.15, 0.2) is 66.7 Å². The third-order valence-corrected chi connectivity index (χ3v) is 7.94. The topological polar surface area (TPSA) is 66.8 Å². The van der Waals surface area contributed by atoms with Crippen LogP contribution < -0.4 is 0 Å². The van der Waals surface area contributed by atoms with Crippen LogP contribution in [0.3, 0.4) is 0 Å². The lowest BCUT2D eigenvalue weighted by atomic mass is 9.90. The van der Waals surface area contributed by atoms with Crippen molar-refractivity contribution in [3.05, 3.63) is 105 Å². The molecular weight excluding hydrogens is 497 g/mol. The molecule has 1 heterocycles. The summed E-state index contributed by atoms with van der Waals surface area (Å²) >= 11 is 12.4. The largest absolute Gasteiger partial charge is 0.396 e. The summed E-state index contributed by atoms with van der Waals surface area (Å²) in [4.78, 5) is 28.1. The highest BCUT2D eigenvalue weighted by Crippen LogP contribution is 2.53. The molecule has 2 aliphatic rings. The molecule has 0 bridgehead atoms. The van der Waals surface area contributed by atoms with Crippen molar-refractivity contribution < 1.29 is 19.4 Å². The SMILES string of the molecule is CC(=O)c1ccc2c(c1)C(=O)N([C@@H](C)c1ccc(Cl)cc1)C2(OCC1(CO)CC1)c1ccc(Cl)cc1. The van der Waals surface area contributed by atoms with Gasteiger partial charge in [0.2, 0.25) is 0 Å². The third-order valence-electron chi connectivity index (χ3n) is 7.43. The van der Waals surface area contributed by atoms with Crippen molar-refractivity contribution >= 4 is 34.9 Å². The summed E-state index contributed by atoms with van der Waals surface area (Å²) in [5.74, 6) is -0.357. The van der Waals surface area contributed by atoms with Gasteiger partial charge < -0.3 is 9.84 Å². The lowest BCUT2D eigenvalue weighted by Crippen LogP contribution is -2.49. The van der Waals surface area contributed by atoms with E-state index in [1.165, 1.54) is 6.92 Å². The van der Waals surface area contributed by atoms with Crippen molar-refractivity contribution in [1.82, 2.24) is 4.90 Å². The summed E-state index contributed by atoms with van der Waals surface area (Å²) < 4.78 is 6.80. The van der Waals surface area contributed by atoms with E-state index < -0.39 is 11.8 Å². The number of nitrogens with zero attached hydrogens (tertiary/aromatic N) is 1. The molecule has 0 saturated heterocycles. The van der Waals surface area contributed by atoms with Crippen molar-refractivity contribution in [2.75, 3.05) is 13.2 Å². The molecule has 1 aliphatic carbocycles. The van der Waals surface area contributed by atoms with Gasteiger partial charge in [-0.25, -0.2) is 0 Å². The normalized spacial score (nSPS) is 20.8. The minimum atomic E-state index is -1.28. The van der Waals surface area contributed by atoms with Gasteiger partial charge in [0.25, 0.3) is 5.91 Å². The second-order valence-electron chi connectivity index (χ2n) is 9.82. The zero-order valence-electron chi connectivity index (χ0n) is 20.1. The maximum absolute atomic E-state index is 14.2. The van der Waals surface area contributed by atoms with E-state index in [1.807, 2.05) is 37.3 Å². The quantitative estimate of drug-likeness (QED) is 0.346. The molecule has 1 N–H and O–H groups in total. The van der Waals surface area contributed by atoms with Crippen LogP contribution in [0.1, 0.15) is 70.1 Å². The van der Waals surface area contributed by atoms with E-state index >= 15 is 0 Å². The van der Waals surface area contributed by atoms with Gasteiger partial charge in [0.15, 0.2) is 11.5 Å². The van der Waals surface area contributed by atoms with Gasteiger partial charge in [-0.2, -0.15) is 0 Å². The summed E-state index contributed by atoms with van der Waals surface area (Å²) in [6, 6.07) is 19.5. The summed E-state index contributed by atoms with van der Waals surface area (Å²) in [5, 5.41) is 11.2. The maximum Gasteiger partial charge on any atom is 0.257 e. The van der Waals surface area contributed by atoms with Gasteiger partial charge in [-0.3, -0.25) is 14.5 Å². The summed E-state index contributed by atoms with van der Waals surface area (Å²) in [7, 11) is 0. The Bertz CT molecular complexity index is 1320. The predicted octanol–water partition coefficient (Wildman–Crippen LogP) is 6.40. The smallest absolute Gasteiger partial charge is 0.257 e. The number of aliphatic hydroxyl groups is 1. The average molecular weight is 524 g/mol. The number of fused-ring (bicyclic) bond motifs is 1. The number of Topliss-reactive ketones (excluding diaryl/α,β-unsaturated/α-hetero) is 1. The standard InChI is InChI=1S/C29H27Cl2NO4/c1-18(20-3-8-23(30)9-4-20)32-27(35)25-15-21(19(2)34)5-12-26(25)29(32,22-6-10-24(31)11-7-22)36-17-28(16-33)13-14-28/h3-12,15,18,33H,13-14,16-17H2,1-2H3/t18-,29?/m0/s1. The molecule has 0 aromatic heterocycles. The number of benzene rings is 3. The zero-order valence-corrected chi connectivity index (χ0v) is 21.6. The number of hydrogen-bond acceptors (Lipinski definition) is 4. The highest BCUT2D eigenvalue weighted by atomic mass is 35.5. The lowest BCUT2D eigenvalue weighted by molar-refractivity contribution is -0.137. The van der Waals surface area contributed by atoms with Crippen molar-refractivity contribution in [2.45, 2.75) is 38.5 Å². The number of aliphatic hydroxyl groups excluding tert-OH is 1. The van der Waals surface area contributed by atoms with Gasteiger partial charge in [0, 0.05) is 37.7 Å². The van der Waals surface area contributed by atoms with Gasteiger partial charge in [-0.05, 0) is 62.6 Å². The first-order valence-electron chi connectivity index (χ1n) is 12.0. The van der Waals surface area contributed by atoms with Gasteiger partial charge >= 0.3 is 0 Å².